The van der Waals surface area contributed by atoms with Crippen molar-refractivity contribution in [2.24, 2.45) is 5.73 Å². The number of nitrogens with zero attached hydrogens (tertiary/aromatic N) is 1. The van der Waals surface area contributed by atoms with Crippen molar-refractivity contribution >= 4 is 30.7 Å². The highest BCUT2D eigenvalue weighted by Gasteiger charge is 2.09. The Kier molecular flexibility index (Phi) is 14.2. The fourth-order valence-corrected chi connectivity index (χ4v) is 1.96. The van der Waals surface area contributed by atoms with Gasteiger partial charge in [-0.1, -0.05) is 32.0 Å². The molecule has 0 heterocycles. The van der Waals surface area contributed by atoms with Crippen molar-refractivity contribution < 1.29 is 9.53 Å². The molecule has 1 aromatic rings. The number of carbonyl (C=O) groups is 1. The quantitative estimate of drug-likeness (QED) is 0.703. The minimum Gasteiger partial charge on any atom is -0.492 e. The van der Waals surface area contributed by atoms with Crippen LogP contribution in [0.5, 0.6) is 5.75 Å². The Bertz CT molecular complexity index is 441. The number of nitrogens with one attached hydrogen (secondary N) is 1. The van der Waals surface area contributed by atoms with Crippen molar-refractivity contribution in [2.45, 2.75) is 33.4 Å². The lowest BCUT2D eigenvalue weighted by atomic mass is 10.2. The first-order valence-electron chi connectivity index (χ1n) is 7.54. The normalized spacial score (nSPS) is 11.2. The predicted octanol–water partition coefficient (Wildman–Crippen LogP) is 2.21. The van der Waals surface area contributed by atoms with Gasteiger partial charge in [-0.15, -0.1) is 24.8 Å². The molecule has 5 nitrogen and oxygen atoms in total. The first kappa shape index (κ1) is 24.2. The molecule has 134 valence electrons. The average Bonchev–Trinajstić information content (AvgIpc) is 2.50. The largest absolute Gasteiger partial charge is 0.492 e. The molecule has 1 atom stereocenters. The first-order chi connectivity index (χ1) is 10.1. The third kappa shape index (κ3) is 9.01. The van der Waals surface area contributed by atoms with Gasteiger partial charge < -0.3 is 20.7 Å². The van der Waals surface area contributed by atoms with Crippen LogP contribution in [0.15, 0.2) is 24.3 Å². The zero-order valence-electron chi connectivity index (χ0n) is 14.1. The van der Waals surface area contributed by atoms with E-state index in [1.54, 1.807) is 6.92 Å². The van der Waals surface area contributed by atoms with E-state index in [1.807, 2.05) is 24.3 Å². The molecule has 7 heteroatoms. The minimum absolute atomic E-state index is 0. The molecule has 1 rings (SSSR count). The van der Waals surface area contributed by atoms with E-state index in [0.717, 1.165) is 30.9 Å². The molecule has 23 heavy (non-hydrogen) atoms. The third-order valence-electron chi connectivity index (χ3n) is 3.40. The monoisotopic (exact) mass is 365 g/mol. The number of nitrogens with two attached hydrogens (primary N) is 1. The molecule has 0 aliphatic rings. The van der Waals surface area contributed by atoms with Crippen LogP contribution in [-0.4, -0.2) is 43.1 Å². The number of hydrogen-bond acceptors (Lipinski definition) is 4. The van der Waals surface area contributed by atoms with Crippen LogP contribution in [0, 0.1) is 0 Å². The maximum Gasteiger partial charge on any atom is 0.236 e. The molecule has 0 fully saturated rings. The summed E-state index contributed by atoms with van der Waals surface area (Å²) in [6, 6.07) is 7.25. The Labute approximate surface area is 151 Å². The van der Waals surface area contributed by atoms with Gasteiger partial charge in [0.05, 0.1) is 6.04 Å². The molecule has 3 N–H and O–H groups in total. The predicted molar refractivity (Wildman–Crippen MR) is 99.7 cm³/mol. The molecule has 1 aromatic carbocycles. The number of halogens is 2. The van der Waals surface area contributed by atoms with Gasteiger partial charge >= 0.3 is 0 Å². The van der Waals surface area contributed by atoms with Crippen LogP contribution in [0.4, 0.5) is 0 Å². The number of hydrogen-bond donors (Lipinski definition) is 2. The van der Waals surface area contributed by atoms with E-state index in [4.69, 9.17) is 10.5 Å². The maximum absolute atomic E-state index is 11.5. The number of amides is 1. The second-order valence-corrected chi connectivity index (χ2v) is 4.99. The Morgan fingerprint density at radius 1 is 1.26 bits per heavy atom. The maximum atomic E-state index is 11.5. The molecule has 0 aliphatic heterocycles. The number of benzene rings is 1. The summed E-state index contributed by atoms with van der Waals surface area (Å²) >= 11 is 0. The van der Waals surface area contributed by atoms with Gasteiger partial charge in [0.15, 0.2) is 0 Å². The average molecular weight is 366 g/mol. The number of para-hydroxylation sites is 1. The van der Waals surface area contributed by atoms with Crippen molar-refractivity contribution in [1.29, 1.82) is 0 Å². The molecule has 0 saturated carbocycles. The highest BCUT2D eigenvalue weighted by Crippen LogP contribution is 2.17. The second-order valence-electron chi connectivity index (χ2n) is 4.99. The van der Waals surface area contributed by atoms with Crippen LogP contribution in [-0.2, 0) is 11.3 Å². The van der Waals surface area contributed by atoms with Crippen LogP contribution in [0.2, 0.25) is 0 Å². The fourth-order valence-electron chi connectivity index (χ4n) is 1.96. The molecule has 0 radical (unpaired) electrons. The smallest absolute Gasteiger partial charge is 0.236 e. The lowest BCUT2D eigenvalue weighted by Crippen LogP contribution is -2.37. The summed E-state index contributed by atoms with van der Waals surface area (Å²) in [5, 5.41) is 2.81. The SMILES string of the molecule is CCN(CC)CCOc1ccccc1CNC(=O)[C@@H](C)N.Cl.Cl. The Hall–Kier alpha value is -1.01. The Morgan fingerprint density at radius 2 is 1.87 bits per heavy atom. The Morgan fingerprint density at radius 3 is 2.43 bits per heavy atom. The topological polar surface area (TPSA) is 67.6 Å². The summed E-state index contributed by atoms with van der Waals surface area (Å²) in [6.07, 6.45) is 0. The van der Waals surface area contributed by atoms with Gasteiger partial charge in [-0.2, -0.15) is 0 Å². The van der Waals surface area contributed by atoms with E-state index in [2.05, 4.69) is 24.1 Å². The summed E-state index contributed by atoms with van der Waals surface area (Å²) in [5.74, 6) is 0.655. The van der Waals surface area contributed by atoms with Crippen LogP contribution < -0.4 is 15.8 Å². The molecule has 0 spiro atoms. The van der Waals surface area contributed by atoms with E-state index >= 15 is 0 Å². The zero-order valence-corrected chi connectivity index (χ0v) is 15.7. The van der Waals surface area contributed by atoms with Gasteiger partial charge in [-0.3, -0.25) is 4.79 Å². The minimum atomic E-state index is -0.499. The van der Waals surface area contributed by atoms with Gasteiger partial charge in [0.2, 0.25) is 5.91 Å². The molecular weight excluding hydrogens is 337 g/mol. The van der Waals surface area contributed by atoms with Crippen molar-refractivity contribution in [2.75, 3.05) is 26.2 Å². The van der Waals surface area contributed by atoms with Gasteiger partial charge in [0.25, 0.3) is 0 Å². The molecule has 1 amide bonds. The summed E-state index contributed by atoms with van der Waals surface area (Å²) in [6.45, 7) is 9.96. The molecule has 0 saturated heterocycles. The van der Waals surface area contributed by atoms with Gasteiger partial charge in [-0.25, -0.2) is 0 Å². The van der Waals surface area contributed by atoms with Crippen molar-refractivity contribution in [3.05, 3.63) is 29.8 Å². The zero-order chi connectivity index (χ0) is 15.7. The summed E-state index contributed by atoms with van der Waals surface area (Å²) in [4.78, 5) is 13.8. The lowest BCUT2D eigenvalue weighted by Gasteiger charge is -2.19. The number of likely N-dealkylation sites (N-methyl/N-ethyl adjacent to an activating group) is 1. The van der Waals surface area contributed by atoms with Crippen LogP contribution in [0.25, 0.3) is 0 Å². The van der Waals surface area contributed by atoms with Gasteiger partial charge in [0.1, 0.15) is 12.4 Å². The van der Waals surface area contributed by atoms with Crippen molar-refractivity contribution in [3.63, 3.8) is 0 Å². The van der Waals surface area contributed by atoms with E-state index < -0.39 is 6.04 Å². The van der Waals surface area contributed by atoms with Crippen LogP contribution in [0.3, 0.4) is 0 Å². The Balaban J connectivity index is 0. The molecular formula is C16H29Cl2N3O2. The number of ether oxygens (including phenoxy) is 1. The van der Waals surface area contributed by atoms with Crippen LogP contribution >= 0.6 is 24.8 Å². The molecule has 0 unspecified atom stereocenters. The van der Waals surface area contributed by atoms with Gasteiger partial charge in [-0.05, 0) is 26.1 Å². The highest BCUT2D eigenvalue weighted by molar-refractivity contribution is 5.85. The second kappa shape index (κ2) is 13.4. The van der Waals surface area contributed by atoms with Crippen molar-refractivity contribution in [1.82, 2.24) is 10.2 Å². The third-order valence-corrected chi connectivity index (χ3v) is 3.40. The van der Waals surface area contributed by atoms with E-state index in [9.17, 15) is 4.79 Å². The van der Waals surface area contributed by atoms with E-state index in [0.29, 0.717) is 13.2 Å². The van der Waals surface area contributed by atoms with Crippen molar-refractivity contribution in [3.8, 4) is 5.75 Å². The standard InChI is InChI=1S/C16H27N3O2.2ClH/c1-4-19(5-2)10-11-21-15-9-7-6-8-14(15)12-18-16(20)13(3)17;;/h6-9,13H,4-5,10-12,17H2,1-3H3,(H,18,20);2*1H/t13-;;/m1../s1. The van der Waals surface area contributed by atoms with Gasteiger partial charge in [0, 0.05) is 18.7 Å². The molecule has 0 aliphatic carbocycles. The molecule has 0 aromatic heterocycles. The van der Waals surface area contributed by atoms with E-state index in [-0.39, 0.29) is 30.7 Å². The first-order valence-corrected chi connectivity index (χ1v) is 7.54. The lowest BCUT2D eigenvalue weighted by molar-refractivity contribution is -0.122. The summed E-state index contributed by atoms with van der Waals surface area (Å²) < 4.78 is 5.84. The summed E-state index contributed by atoms with van der Waals surface area (Å²) in [5.41, 5.74) is 6.50. The molecule has 0 bridgehead atoms. The number of rotatable bonds is 9. The fraction of sp³-hybridized carbons (Fsp3) is 0.562. The van der Waals surface area contributed by atoms with E-state index in [1.165, 1.54) is 0 Å². The number of carbonyl (C=O) groups excluding carboxylic acids is 1. The van der Waals surface area contributed by atoms with Crippen LogP contribution in [0.1, 0.15) is 26.3 Å². The highest BCUT2D eigenvalue weighted by atomic mass is 35.5. The summed E-state index contributed by atoms with van der Waals surface area (Å²) in [7, 11) is 0.